The van der Waals surface area contributed by atoms with Crippen molar-refractivity contribution < 1.29 is 17.9 Å². The van der Waals surface area contributed by atoms with Gasteiger partial charge in [0.05, 0.1) is 43.6 Å². The largest absolute Gasteiger partial charge is 0.505 e. The van der Waals surface area contributed by atoms with Gasteiger partial charge in [0.25, 0.3) is 0 Å². The Morgan fingerprint density at radius 1 is 1.07 bits per heavy atom. The lowest BCUT2D eigenvalue weighted by molar-refractivity contribution is 0.0795. The Bertz CT molecular complexity index is 982. The topological polar surface area (TPSA) is 55.8 Å². The highest BCUT2D eigenvalue weighted by Gasteiger charge is 2.39. The van der Waals surface area contributed by atoms with Crippen molar-refractivity contribution >= 4 is 10.0 Å². The molecule has 0 saturated carbocycles. The third-order valence-corrected chi connectivity index (χ3v) is 7.21. The molecule has 6 heteroatoms. The number of hydrogen-bond acceptors (Lipinski definition) is 4. The lowest BCUT2D eigenvalue weighted by atomic mass is 9.99. The van der Waals surface area contributed by atoms with Crippen LogP contribution < -0.4 is 0 Å². The predicted octanol–water partition coefficient (Wildman–Crippen LogP) is 4.45. The van der Waals surface area contributed by atoms with E-state index < -0.39 is 10.0 Å². The van der Waals surface area contributed by atoms with Crippen LogP contribution in [0.4, 0.5) is 0 Å². The second-order valence-electron chi connectivity index (χ2n) is 7.48. The van der Waals surface area contributed by atoms with E-state index in [1.165, 1.54) is 0 Å². The third kappa shape index (κ3) is 5.19. The number of ether oxygens (including phenoxy) is 2. The molecule has 0 saturated heterocycles. The molecule has 0 spiro atoms. The van der Waals surface area contributed by atoms with Crippen molar-refractivity contribution in [1.82, 2.24) is 4.31 Å². The summed E-state index contributed by atoms with van der Waals surface area (Å²) in [4.78, 5) is 0.284. The molecular weight excluding hydrogens is 398 g/mol. The first kappa shape index (κ1) is 22.3. The molecule has 0 amide bonds. The van der Waals surface area contributed by atoms with Crippen molar-refractivity contribution in [1.29, 1.82) is 0 Å². The molecule has 5 nitrogen and oxygen atoms in total. The van der Waals surface area contributed by atoms with Crippen molar-refractivity contribution in [3.63, 3.8) is 0 Å². The van der Waals surface area contributed by atoms with Crippen LogP contribution in [0.3, 0.4) is 0 Å². The average molecular weight is 428 g/mol. The van der Waals surface area contributed by atoms with Gasteiger partial charge in [0.1, 0.15) is 0 Å². The number of methoxy groups -OCH3 is 1. The fraction of sp³-hybridized carbons (Fsp3) is 0.333. The number of nitrogens with zero attached hydrogens (tertiary/aromatic N) is 1. The van der Waals surface area contributed by atoms with Crippen molar-refractivity contribution in [2.24, 2.45) is 0 Å². The number of rotatable bonds is 8. The molecule has 0 aromatic heterocycles. The van der Waals surface area contributed by atoms with Gasteiger partial charge in [-0.2, -0.15) is 4.31 Å². The number of benzene rings is 2. The molecule has 160 valence electrons. The van der Waals surface area contributed by atoms with E-state index in [1.54, 1.807) is 35.9 Å². The summed E-state index contributed by atoms with van der Waals surface area (Å²) in [6.07, 6.45) is 6.01. The van der Waals surface area contributed by atoms with Gasteiger partial charge in [0, 0.05) is 0 Å². The van der Waals surface area contributed by atoms with Crippen LogP contribution in [0, 0.1) is 6.92 Å². The van der Waals surface area contributed by atoms with Gasteiger partial charge in [-0.3, -0.25) is 0 Å². The molecule has 0 aliphatic carbocycles. The molecule has 1 heterocycles. The molecule has 0 fully saturated rings. The summed E-state index contributed by atoms with van der Waals surface area (Å²) in [5.41, 5.74) is 3.06. The maximum Gasteiger partial charge on any atom is 0.244 e. The Hall–Kier alpha value is -2.41. The summed E-state index contributed by atoms with van der Waals surface area (Å²) >= 11 is 0. The van der Waals surface area contributed by atoms with Crippen LogP contribution in [0.2, 0.25) is 0 Å². The summed E-state index contributed by atoms with van der Waals surface area (Å²) in [6, 6.07) is 16.1. The predicted molar refractivity (Wildman–Crippen MR) is 118 cm³/mol. The van der Waals surface area contributed by atoms with Crippen LogP contribution in [0.5, 0.6) is 0 Å². The summed E-state index contributed by atoms with van der Waals surface area (Å²) < 4.78 is 39.9. The molecule has 2 aromatic rings. The van der Waals surface area contributed by atoms with Crippen molar-refractivity contribution in [3.05, 3.63) is 89.7 Å². The van der Waals surface area contributed by atoms with Crippen LogP contribution >= 0.6 is 0 Å². The van der Waals surface area contributed by atoms with E-state index in [0.29, 0.717) is 13.0 Å². The highest BCUT2D eigenvalue weighted by Crippen LogP contribution is 2.31. The van der Waals surface area contributed by atoms with Crippen LogP contribution in [0.1, 0.15) is 24.5 Å². The van der Waals surface area contributed by atoms with Gasteiger partial charge in [-0.05, 0) is 44.0 Å². The molecule has 2 atom stereocenters. The summed E-state index contributed by atoms with van der Waals surface area (Å²) in [5, 5.41) is 0. The van der Waals surface area contributed by atoms with Gasteiger partial charge >= 0.3 is 0 Å². The molecule has 0 bridgehead atoms. The van der Waals surface area contributed by atoms with Gasteiger partial charge in [-0.1, -0.05) is 59.7 Å². The number of aryl methyl sites for hydroxylation is 1. The first-order valence-corrected chi connectivity index (χ1v) is 11.5. The van der Waals surface area contributed by atoms with E-state index >= 15 is 0 Å². The zero-order chi connectivity index (χ0) is 21.6. The van der Waals surface area contributed by atoms with Gasteiger partial charge in [0.2, 0.25) is 10.0 Å². The Morgan fingerprint density at radius 3 is 2.43 bits per heavy atom. The van der Waals surface area contributed by atoms with E-state index in [9.17, 15) is 8.42 Å². The second kappa shape index (κ2) is 10.1. The first-order chi connectivity index (χ1) is 14.4. The zero-order valence-electron chi connectivity index (χ0n) is 17.7. The summed E-state index contributed by atoms with van der Waals surface area (Å²) in [5.74, 6) is 0. The number of sulfonamides is 1. The van der Waals surface area contributed by atoms with Crippen LogP contribution in [-0.4, -0.2) is 38.5 Å². The summed E-state index contributed by atoms with van der Waals surface area (Å²) in [7, 11) is -2.17. The molecular formula is C24H29NO4S. The minimum absolute atomic E-state index is 0.277. The normalized spacial score (nSPS) is 20.3. The van der Waals surface area contributed by atoms with E-state index in [4.69, 9.17) is 9.47 Å². The SMILES string of the molecule is CO/C=C/[C@H]1CC=C(C)[C@@H](COCc2ccccc2)N1S(=O)(=O)c1ccc(C)cc1. The Morgan fingerprint density at radius 2 is 1.77 bits per heavy atom. The maximum atomic E-state index is 13.6. The van der Waals surface area contributed by atoms with E-state index in [-0.39, 0.29) is 23.6 Å². The van der Waals surface area contributed by atoms with Crippen molar-refractivity contribution in [2.45, 2.75) is 43.9 Å². The van der Waals surface area contributed by atoms with Gasteiger partial charge in [-0.15, -0.1) is 0 Å². The second-order valence-corrected chi connectivity index (χ2v) is 9.32. The minimum Gasteiger partial charge on any atom is -0.505 e. The quantitative estimate of drug-likeness (QED) is 0.461. The molecule has 2 aromatic carbocycles. The monoisotopic (exact) mass is 427 g/mol. The first-order valence-electron chi connectivity index (χ1n) is 10.0. The molecule has 1 aliphatic rings. The van der Waals surface area contributed by atoms with Gasteiger partial charge < -0.3 is 9.47 Å². The van der Waals surface area contributed by atoms with Crippen LogP contribution in [0.25, 0.3) is 0 Å². The summed E-state index contributed by atoms with van der Waals surface area (Å²) in [6.45, 7) is 4.61. The lowest BCUT2D eigenvalue weighted by Crippen LogP contribution is -2.51. The van der Waals surface area contributed by atoms with Crippen molar-refractivity contribution in [3.8, 4) is 0 Å². The Labute approximate surface area is 179 Å². The number of hydrogen-bond donors (Lipinski definition) is 0. The highest BCUT2D eigenvalue weighted by molar-refractivity contribution is 7.89. The Balaban J connectivity index is 1.90. The highest BCUT2D eigenvalue weighted by atomic mass is 32.2. The van der Waals surface area contributed by atoms with E-state index in [1.807, 2.05) is 56.3 Å². The fourth-order valence-corrected chi connectivity index (χ4v) is 5.35. The van der Waals surface area contributed by atoms with E-state index in [0.717, 1.165) is 16.7 Å². The minimum atomic E-state index is -3.73. The molecule has 0 unspecified atom stereocenters. The molecule has 1 aliphatic heterocycles. The Kier molecular flexibility index (Phi) is 7.48. The fourth-order valence-electron chi connectivity index (χ4n) is 3.56. The van der Waals surface area contributed by atoms with Crippen molar-refractivity contribution in [2.75, 3.05) is 13.7 Å². The van der Waals surface area contributed by atoms with Gasteiger partial charge in [-0.25, -0.2) is 8.42 Å². The molecule has 0 N–H and O–H groups in total. The van der Waals surface area contributed by atoms with Crippen LogP contribution in [0.15, 0.2) is 83.5 Å². The smallest absolute Gasteiger partial charge is 0.244 e. The van der Waals surface area contributed by atoms with Gasteiger partial charge in [0.15, 0.2) is 0 Å². The third-order valence-electron chi connectivity index (χ3n) is 5.26. The van der Waals surface area contributed by atoms with Crippen LogP contribution in [-0.2, 0) is 26.1 Å². The molecule has 30 heavy (non-hydrogen) atoms. The zero-order valence-corrected chi connectivity index (χ0v) is 18.5. The maximum absolute atomic E-state index is 13.6. The molecule has 0 radical (unpaired) electrons. The average Bonchev–Trinajstić information content (AvgIpc) is 2.74. The standard InChI is InChI=1S/C24H29NO4S/c1-19-9-13-23(14-10-19)30(26,27)25-22(15-16-28-3)12-11-20(2)24(25)18-29-17-21-7-5-4-6-8-21/h4-11,13-16,22,24H,12,17-18H2,1-3H3/b16-15+/t22-,24-/m1/s1. The lowest BCUT2D eigenvalue weighted by Gasteiger charge is -2.39. The molecule has 3 rings (SSSR count). The van der Waals surface area contributed by atoms with E-state index in [2.05, 4.69) is 6.08 Å².